The van der Waals surface area contributed by atoms with Crippen molar-refractivity contribution >= 4 is 62.0 Å². The Bertz CT molecular complexity index is 974. The van der Waals surface area contributed by atoms with E-state index in [1.165, 1.54) is 36.4 Å². The Morgan fingerprint density at radius 3 is 1.80 bits per heavy atom. The summed E-state index contributed by atoms with van der Waals surface area (Å²) in [4.78, 5) is 12.5. The van der Waals surface area contributed by atoms with Crippen LogP contribution < -0.4 is 0 Å². The van der Waals surface area contributed by atoms with Gasteiger partial charge in [0.05, 0.1) is 20.1 Å². The molecule has 0 saturated carbocycles. The molecule has 1 heterocycles. The number of hydrogen-bond acceptors (Lipinski definition) is 4. The van der Waals surface area contributed by atoms with E-state index in [4.69, 9.17) is 46.4 Å². The molecule has 1 aliphatic rings. The van der Waals surface area contributed by atoms with Gasteiger partial charge in [0, 0.05) is 0 Å². The molecule has 1 fully saturated rings. The van der Waals surface area contributed by atoms with Crippen molar-refractivity contribution < 1.29 is 18.3 Å². The number of benzene rings is 2. The standard InChI is InChI=1S/C16H10Cl4O4S/c17-9-3-1-7(5-11(9)19)15-13(21)14(22)16(25(15,23)24)8-2-4-10(18)12(20)6-8/h1-6,13,15-16,21H. The molecule has 3 rings (SSSR count). The summed E-state index contributed by atoms with van der Waals surface area (Å²) < 4.78 is 25.9. The molecule has 0 bridgehead atoms. The number of sulfone groups is 1. The number of ketones is 1. The summed E-state index contributed by atoms with van der Waals surface area (Å²) in [5.41, 5.74) is 0.346. The maximum atomic E-state index is 13.0. The number of aliphatic hydroxyl groups is 1. The minimum Gasteiger partial charge on any atom is -0.384 e. The molecule has 9 heteroatoms. The molecule has 132 valence electrons. The number of aliphatic hydroxyl groups excluding tert-OH is 1. The predicted octanol–water partition coefficient (Wildman–Crippen LogP) is 4.44. The number of carbonyl (C=O) groups excluding carboxylic acids is 1. The smallest absolute Gasteiger partial charge is 0.185 e. The summed E-state index contributed by atoms with van der Waals surface area (Å²) in [5, 5.41) is 8.05. The maximum absolute atomic E-state index is 13.0. The minimum atomic E-state index is -4.09. The number of Topliss-reactive ketones (excluding diaryl/α,β-unsaturated/α-hetero) is 1. The third kappa shape index (κ3) is 3.18. The van der Waals surface area contributed by atoms with Gasteiger partial charge in [0.25, 0.3) is 0 Å². The van der Waals surface area contributed by atoms with Crippen LogP contribution in [-0.4, -0.2) is 25.4 Å². The molecule has 1 aliphatic heterocycles. The van der Waals surface area contributed by atoms with Crippen molar-refractivity contribution in [3.63, 3.8) is 0 Å². The van der Waals surface area contributed by atoms with Crippen LogP contribution in [0.3, 0.4) is 0 Å². The van der Waals surface area contributed by atoms with Crippen molar-refractivity contribution in [1.29, 1.82) is 0 Å². The molecule has 0 aromatic heterocycles. The van der Waals surface area contributed by atoms with Gasteiger partial charge in [-0.25, -0.2) is 8.42 Å². The van der Waals surface area contributed by atoms with Crippen LogP contribution in [0.5, 0.6) is 0 Å². The lowest BCUT2D eigenvalue weighted by molar-refractivity contribution is -0.125. The molecule has 25 heavy (non-hydrogen) atoms. The Morgan fingerprint density at radius 2 is 1.28 bits per heavy atom. The zero-order valence-electron chi connectivity index (χ0n) is 12.3. The monoisotopic (exact) mass is 438 g/mol. The second kappa shape index (κ2) is 6.72. The second-order valence-corrected chi connectivity index (χ2v) is 9.37. The summed E-state index contributed by atoms with van der Waals surface area (Å²) in [6.45, 7) is 0. The van der Waals surface area contributed by atoms with Gasteiger partial charge in [-0.3, -0.25) is 4.79 Å². The third-order valence-corrected chi connectivity index (χ3v) is 7.92. The summed E-state index contributed by atoms with van der Waals surface area (Å²) in [7, 11) is -4.09. The fourth-order valence-corrected chi connectivity index (χ4v) is 5.80. The Morgan fingerprint density at radius 1 is 0.800 bits per heavy atom. The summed E-state index contributed by atoms with van der Waals surface area (Å²) >= 11 is 23.5. The number of halogens is 4. The van der Waals surface area contributed by atoms with E-state index in [0.29, 0.717) is 0 Å². The zero-order chi connectivity index (χ0) is 18.5. The van der Waals surface area contributed by atoms with Crippen molar-refractivity contribution in [3.8, 4) is 0 Å². The van der Waals surface area contributed by atoms with Gasteiger partial charge in [0.1, 0.15) is 16.6 Å². The number of rotatable bonds is 2. The highest BCUT2D eigenvalue weighted by molar-refractivity contribution is 7.93. The fraction of sp³-hybridized carbons (Fsp3) is 0.188. The molecule has 3 atom stereocenters. The van der Waals surface area contributed by atoms with E-state index in [0.717, 1.165) is 0 Å². The third-order valence-electron chi connectivity index (χ3n) is 4.04. The van der Waals surface area contributed by atoms with Crippen molar-refractivity contribution in [2.24, 2.45) is 0 Å². The first kappa shape index (κ1) is 19.0. The van der Waals surface area contributed by atoms with Gasteiger partial charge in [-0.15, -0.1) is 0 Å². The lowest BCUT2D eigenvalue weighted by atomic mass is 10.00. The predicted molar refractivity (Wildman–Crippen MR) is 98.3 cm³/mol. The van der Waals surface area contributed by atoms with Gasteiger partial charge >= 0.3 is 0 Å². The highest BCUT2D eigenvalue weighted by atomic mass is 35.5. The van der Waals surface area contributed by atoms with Gasteiger partial charge in [-0.1, -0.05) is 58.5 Å². The molecule has 1 saturated heterocycles. The fourth-order valence-electron chi connectivity index (χ4n) is 2.88. The van der Waals surface area contributed by atoms with Crippen LogP contribution in [0.2, 0.25) is 20.1 Å². The summed E-state index contributed by atoms with van der Waals surface area (Å²) in [5.74, 6) is -0.825. The topological polar surface area (TPSA) is 71.4 Å². The number of hydrogen-bond donors (Lipinski definition) is 1. The Labute approximate surface area is 164 Å². The molecule has 0 amide bonds. The lowest BCUT2D eigenvalue weighted by Gasteiger charge is -2.15. The van der Waals surface area contributed by atoms with Crippen LogP contribution in [0.15, 0.2) is 36.4 Å². The van der Waals surface area contributed by atoms with Gasteiger partial charge in [0.2, 0.25) is 0 Å². The molecule has 0 radical (unpaired) electrons. The van der Waals surface area contributed by atoms with Crippen LogP contribution in [0.25, 0.3) is 0 Å². The van der Waals surface area contributed by atoms with Crippen LogP contribution >= 0.6 is 46.4 Å². The lowest BCUT2D eigenvalue weighted by Crippen LogP contribution is -2.21. The highest BCUT2D eigenvalue weighted by Crippen LogP contribution is 2.46. The Kier molecular flexibility index (Phi) is 5.10. The molecule has 1 N–H and O–H groups in total. The molecular formula is C16H10Cl4O4S. The number of carbonyl (C=O) groups is 1. The first-order valence-electron chi connectivity index (χ1n) is 6.99. The Balaban J connectivity index is 2.13. The van der Waals surface area contributed by atoms with Crippen LogP contribution in [0, 0.1) is 0 Å². The van der Waals surface area contributed by atoms with Crippen molar-refractivity contribution in [1.82, 2.24) is 0 Å². The molecule has 3 unspecified atom stereocenters. The van der Waals surface area contributed by atoms with E-state index >= 15 is 0 Å². The van der Waals surface area contributed by atoms with Gasteiger partial charge in [0.15, 0.2) is 15.6 Å². The molecule has 0 spiro atoms. The summed E-state index contributed by atoms with van der Waals surface area (Å²) in [6, 6.07) is 8.29. The average molecular weight is 440 g/mol. The average Bonchev–Trinajstić information content (AvgIpc) is 2.71. The second-order valence-electron chi connectivity index (χ2n) is 5.58. The van der Waals surface area contributed by atoms with Crippen molar-refractivity contribution in [2.75, 3.05) is 0 Å². The van der Waals surface area contributed by atoms with E-state index < -0.39 is 32.2 Å². The van der Waals surface area contributed by atoms with Crippen molar-refractivity contribution in [3.05, 3.63) is 67.6 Å². The quantitative estimate of drug-likeness (QED) is 0.750. The van der Waals surface area contributed by atoms with E-state index in [1.54, 1.807) is 0 Å². The first-order valence-corrected chi connectivity index (χ1v) is 10.1. The van der Waals surface area contributed by atoms with Crippen LogP contribution in [0.1, 0.15) is 21.6 Å². The van der Waals surface area contributed by atoms with Gasteiger partial charge < -0.3 is 5.11 Å². The molecular weight excluding hydrogens is 430 g/mol. The largest absolute Gasteiger partial charge is 0.384 e. The van der Waals surface area contributed by atoms with Crippen LogP contribution in [0.4, 0.5) is 0 Å². The molecule has 4 nitrogen and oxygen atoms in total. The van der Waals surface area contributed by atoms with Crippen molar-refractivity contribution in [2.45, 2.75) is 16.6 Å². The summed E-state index contributed by atoms with van der Waals surface area (Å²) in [6.07, 6.45) is -1.72. The Hall–Kier alpha value is -0.820. The first-order chi connectivity index (χ1) is 11.6. The molecule has 0 aliphatic carbocycles. The van der Waals surface area contributed by atoms with Gasteiger partial charge in [-0.2, -0.15) is 0 Å². The van der Waals surface area contributed by atoms with E-state index in [1.807, 2.05) is 0 Å². The molecule has 2 aromatic rings. The van der Waals surface area contributed by atoms with E-state index in [9.17, 15) is 18.3 Å². The maximum Gasteiger partial charge on any atom is 0.185 e. The highest BCUT2D eigenvalue weighted by Gasteiger charge is 2.55. The van der Waals surface area contributed by atoms with E-state index in [2.05, 4.69) is 0 Å². The SMILES string of the molecule is O=C1C(O)C(c2ccc(Cl)c(Cl)c2)S(=O)(=O)C1c1ccc(Cl)c(Cl)c1. The minimum absolute atomic E-state index is 0.120. The zero-order valence-corrected chi connectivity index (χ0v) is 16.1. The molecule has 2 aromatic carbocycles. The van der Waals surface area contributed by atoms with Crippen LogP contribution in [-0.2, 0) is 14.6 Å². The van der Waals surface area contributed by atoms with Gasteiger partial charge in [-0.05, 0) is 35.4 Å². The normalized spacial score (nSPS) is 25.3. The van der Waals surface area contributed by atoms with E-state index in [-0.39, 0.29) is 31.2 Å².